The first kappa shape index (κ1) is 33.3. The molecule has 0 saturated carbocycles. The highest BCUT2D eigenvalue weighted by molar-refractivity contribution is 14.1. The summed E-state index contributed by atoms with van der Waals surface area (Å²) in [5.41, 5.74) is 1.62. The number of hydrogen-bond donors (Lipinski definition) is 4. The molecule has 12 heteroatoms. The number of nitrogens with zero attached hydrogens (tertiary/aromatic N) is 1. The van der Waals surface area contributed by atoms with Gasteiger partial charge < -0.3 is 39.7 Å². The fraction of sp³-hybridized carbons (Fsp3) is 0.433. The van der Waals surface area contributed by atoms with Crippen LogP contribution in [0.2, 0.25) is 0 Å². The highest BCUT2D eigenvalue weighted by Gasteiger charge is 2.42. The lowest BCUT2D eigenvalue weighted by molar-refractivity contribution is -0.149. The fourth-order valence-corrected chi connectivity index (χ4v) is 5.57. The van der Waals surface area contributed by atoms with Crippen molar-refractivity contribution in [3.63, 3.8) is 0 Å². The number of amides is 2. The molecule has 0 aliphatic heterocycles. The third kappa shape index (κ3) is 8.00. The lowest BCUT2D eigenvalue weighted by Crippen LogP contribution is -2.56. The highest BCUT2D eigenvalue weighted by Crippen LogP contribution is 2.37. The Balaban J connectivity index is 2.03. The molecule has 11 nitrogen and oxygen atoms in total. The zero-order chi connectivity index (χ0) is 30.8. The standard InChI is InChI=1S/C30H37IN2O9/c1-4-23(36)30(39)33(11-9-19-7-5-6-8-24(19)40-2)22-15-20(29(38)32-10-12-34)16-25(27(22)37)42-28-21(31)13-18(17-35)14-26(28)41-3/h5-8,13-14,16,22,25,27,34-35,37H,4,9-12,15,17H2,1-3H3,(H,32,38)/t22-,25+,27+/m1/s1. The summed E-state index contributed by atoms with van der Waals surface area (Å²) in [5, 5.41) is 33.1. The van der Waals surface area contributed by atoms with Gasteiger partial charge in [-0.3, -0.25) is 14.4 Å². The van der Waals surface area contributed by atoms with E-state index in [-0.39, 0.29) is 50.5 Å². The molecule has 2 aromatic carbocycles. The molecule has 0 unspecified atom stereocenters. The molecule has 1 aliphatic carbocycles. The van der Waals surface area contributed by atoms with Crippen LogP contribution in [0, 0.1) is 3.57 Å². The molecule has 0 fully saturated rings. The molecule has 0 radical (unpaired) electrons. The smallest absolute Gasteiger partial charge is 0.290 e. The number of nitrogens with one attached hydrogen (secondary N) is 1. The second-order valence-electron chi connectivity index (χ2n) is 9.62. The number of benzene rings is 2. The van der Waals surface area contributed by atoms with Crippen LogP contribution in [0.3, 0.4) is 0 Å². The third-order valence-corrected chi connectivity index (χ3v) is 7.78. The van der Waals surface area contributed by atoms with E-state index in [9.17, 15) is 29.7 Å². The molecule has 4 N–H and O–H groups in total. The zero-order valence-corrected chi connectivity index (χ0v) is 26.0. The highest BCUT2D eigenvalue weighted by atomic mass is 127. The van der Waals surface area contributed by atoms with Gasteiger partial charge in [0.25, 0.3) is 5.91 Å². The summed E-state index contributed by atoms with van der Waals surface area (Å²) in [6.45, 7) is 1.17. The van der Waals surface area contributed by atoms with E-state index in [1.807, 2.05) is 40.8 Å². The summed E-state index contributed by atoms with van der Waals surface area (Å²) < 4.78 is 17.7. The van der Waals surface area contributed by atoms with Gasteiger partial charge in [0.1, 0.15) is 18.0 Å². The van der Waals surface area contributed by atoms with Crippen LogP contribution in [0.25, 0.3) is 0 Å². The van der Waals surface area contributed by atoms with Crippen LogP contribution in [0.4, 0.5) is 0 Å². The lowest BCUT2D eigenvalue weighted by Gasteiger charge is -2.40. The van der Waals surface area contributed by atoms with E-state index in [2.05, 4.69) is 5.32 Å². The van der Waals surface area contributed by atoms with Gasteiger partial charge in [0.15, 0.2) is 11.5 Å². The summed E-state index contributed by atoms with van der Waals surface area (Å²) in [6.07, 6.45) is -0.716. The van der Waals surface area contributed by atoms with Gasteiger partial charge in [-0.05, 0) is 64.4 Å². The maximum atomic E-state index is 13.4. The van der Waals surface area contributed by atoms with E-state index in [0.717, 1.165) is 5.56 Å². The first-order valence-corrected chi connectivity index (χ1v) is 14.6. The van der Waals surface area contributed by atoms with E-state index >= 15 is 0 Å². The molecule has 228 valence electrons. The van der Waals surface area contributed by atoms with Crippen molar-refractivity contribution in [1.29, 1.82) is 0 Å². The number of carbonyl (C=O) groups excluding carboxylic acids is 3. The first-order valence-electron chi connectivity index (χ1n) is 13.6. The van der Waals surface area contributed by atoms with Gasteiger partial charge in [0, 0.05) is 31.5 Å². The summed E-state index contributed by atoms with van der Waals surface area (Å²) >= 11 is 2.02. The Bertz CT molecular complexity index is 1300. The molecule has 2 amide bonds. The van der Waals surface area contributed by atoms with Crippen molar-refractivity contribution in [2.24, 2.45) is 0 Å². The van der Waals surface area contributed by atoms with Gasteiger partial charge in [0.2, 0.25) is 11.7 Å². The number of hydrogen-bond acceptors (Lipinski definition) is 9. The zero-order valence-electron chi connectivity index (χ0n) is 23.8. The minimum atomic E-state index is -1.33. The number of aliphatic hydroxyl groups excluding tert-OH is 3. The number of ketones is 1. The van der Waals surface area contributed by atoms with Crippen molar-refractivity contribution in [1.82, 2.24) is 10.2 Å². The van der Waals surface area contributed by atoms with Crippen LogP contribution < -0.4 is 19.5 Å². The van der Waals surface area contributed by atoms with Crippen molar-refractivity contribution >= 4 is 40.2 Å². The Kier molecular flexibility index (Phi) is 12.6. The van der Waals surface area contributed by atoms with E-state index in [1.54, 1.807) is 32.2 Å². The van der Waals surface area contributed by atoms with Crippen LogP contribution >= 0.6 is 22.6 Å². The Morgan fingerprint density at radius 1 is 1.10 bits per heavy atom. The summed E-state index contributed by atoms with van der Waals surface area (Å²) in [6, 6.07) is 9.62. The van der Waals surface area contributed by atoms with Crippen molar-refractivity contribution < 1.29 is 43.9 Å². The largest absolute Gasteiger partial charge is 0.496 e. The number of rotatable bonds is 14. The number of para-hydroxylation sites is 1. The quantitative estimate of drug-likeness (QED) is 0.171. The topological polar surface area (TPSA) is 155 Å². The summed E-state index contributed by atoms with van der Waals surface area (Å²) in [7, 11) is 2.98. The second-order valence-corrected chi connectivity index (χ2v) is 10.8. The maximum Gasteiger partial charge on any atom is 0.290 e. The minimum Gasteiger partial charge on any atom is -0.496 e. The summed E-state index contributed by atoms with van der Waals surface area (Å²) in [5.74, 6) is -0.684. The Morgan fingerprint density at radius 2 is 1.81 bits per heavy atom. The van der Waals surface area contributed by atoms with Crippen LogP contribution in [0.15, 0.2) is 48.0 Å². The molecule has 42 heavy (non-hydrogen) atoms. The molecule has 0 spiro atoms. The van der Waals surface area contributed by atoms with Gasteiger partial charge in [-0.1, -0.05) is 25.1 Å². The molecule has 1 aliphatic rings. The molecule has 0 bridgehead atoms. The minimum absolute atomic E-state index is 0.00796. The number of methoxy groups -OCH3 is 2. The predicted octanol–water partition coefficient (Wildman–Crippen LogP) is 1.77. The molecule has 3 atom stereocenters. The second kappa shape index (κ2) is 15.9. The molecular formula is C30H37IN2O9. The van der Waals surface area contributed by atoms with Crippen molar-refractivity contribution in [3.8, 4) is 17.2 Å². The first-order chi connectivity index (χ1) is 20.2. The fourth-order valence-electron chi connectivity index (χ4n) is 4.77. The Hall–Kier alpha value is -3.20. The van der Waals surface area contributed by atoms with E-state index in [1.165, 1.54) is 18.1 Å². The van der Waals surface area contributed by atoms with Crippen molar-refractivity contribution in [3.05, 3.63) is 62.7 Å². The average molecular weight is 697 g/mol. The van der Waals surface area contributed by atoms with Crippen LogP contribution in [0.1, 0.15) is 30.9 Å². The van der Waals surface area contributed by atoms with Gasteiger partial charge in [-0.2, -0.15) is 0 Å². The molecule has 0 heterocycles. The van der Waals surface area contributed by atoms with E-state index in [0.29, 0.717) is 27.1 Å². The monoisotopic (exact) mass is 696 g/mol. The van der Waals surface area contributed by atoms with Crippen molar-refractivity contribution in [2.45, 2.75) is 51.0 Å². The van der Waals surface area contributed by atoms with Crippen LogP contribution in [-0.2, 0) is 27.4 Å². The average Bonchev–Trinajstić information content (AvgIpc) is 3.01. The lowest BCUT2D eigenvalue weighted by atomic mass is 9.87. The predicted molar refractivity (Wildman–Crippen MR) is 162 cm³/mol. The maximum absolute atomic E-state index is 13.4. The molecule has 0 aromatic heterocycles. The van der Waals surface area contributed by atoms with Crippen LogP contribution in [0.5, 0.6) is 17.2 Å². The SMILES string of the molecule is CCC(=O)C(=O)N(CCc1ccccc1OC)[C@@H]1CC(C(=O)NCCO)=C[C@H](Oc2c(I)cc(CO)cc2OC)[C@H]1O. The number of carbonyl (C=O) groups is 3. The van der Waals surface area contributed by atoms with Gasteiger partial charge in [0.05, 0.1) is 37.0 Å². The number of ether oxygens (including phenoxy) is 3. The summed E-state index contributed by atoms with van der Waals surface area (Å²) in [4.78, 5) is 40.5. The van der Waals surface area contributed by atoms with Gasteiger partial charge in [-0.25, -0.2) is 0 Å². The third-order valence-electron chi connectivity index (χ3n) is 6.98. The Morgan fingerprint density at radius 3 is 2.45 bits per heavy atom. The molecule has 0 saturated heterocycles. The van der Waals surface area contributed by atoms with Gasteiger partial charge in [-0.15, -0.1) is 0 Å². The van der Waals surface area contributed by atoms with Gasteiger partial charge >= 0.3 is 0 Å². The van der Waals surface area contributed by atoms with Crippen LogP contribution in [-0.4, -0.2) is 90.0 Å². The molecule has 2 aromatic rings. The Labute approximate surface area is 258 Å². The van der Waals surface area contributed by atoms with E-state index in [4.69, 9.17) is 14.2 Å². The molecular weight excluding hydrogens is 659 g/mol. The van der Waals surface area contributed by atoms with E-state index < -0.39 is 35.8 Å². The normalized spacial score (nSPS) is 18.1. The van der Waals surface area contributed by atoms with Crippen molar-refractivity contribution in [2.75, 3.05) is 33.9 Å². The number of aliphatic hydroxyl groups is 3. The number of Topliss-reactive ketones (excluding diaryl/α,β-unsaturated/α-hetero) is 1. The number of halogens is 1. The molecule has 3 rings (SSSR count).